The number of hydrogen-bond acceptors (Lipinski definition) is 10. The van der Waals surface area contributed by atoms with Gasteiger partial charge in [-0.25, -0.2) is 13.2 Å². The van der Waals surface area contributed by atoms with Crippen LogP contribution >= 0.6 is 0 Å². The van der Waals surface area contributed by atoms with Crippen molar-refractivity contribution in [1.82, 2.24) is 20.9 Å². The van der Waals surface area contributed by atoms with Crippen molar-refractivity contribution < 1.29 is 46.8 Å². The van der Waals surface area contributed by atoms with Crippen LogP contribution in [0.5, 0.6) is 0 Å². The molecule has 1 unspecified atom stereocenters. The minimum atomic E-state index is -5.44. The first-order valence-electron chi connectivity index (χ1n) is 15.7. The maximum absolute atomic E-state index is 13.3. The Labute approximate surface area is 268 Å². The lowest BCUT2D eigenvalue weighted by molar-refractivity contribution is -0.136. The number of amides is 4. The van der Waals surface area contributed by atoms with Gasteiger partial charge in [0.1, 0.15) is 22.3 Å². The molecule has 1 saturated carbocycles. The summed E-state index contributed by atoms with van der Waals surface area (Å²) in [4.78, 5) is 65.6. The molecule has 1 aromatic rings. The van der Waals surface area contributed by atoms with Gasteiger partial charge < -0.3 is 35.2 Å². The van der Waals surface area contributed by atoms with Crippen molar-refractivity contribution in [2.45, 2.75) is 88.8 Å². The Balaban J connectivity index is 1.29. The van der Waals surface area contributed by atoms with Crippen LogP contribution < -0.4 is 16.0 Å². The van der Waals surface area contributed by atoms with Gasteiger partial charge in [-0.05, 0) is 61.8 Å². The van der Waals surface area contributed by atoms with E-state index in [0.29, 0.717) is 45.3 Å². The summed E-state index contributed by atoms with van der Waals surface area (Å²) in [6.45, 7) is 5.19. The molecule has 4 atom stereocenters. The van der Waals surface area contributed by atoms with Crippen molar-refractivity contribution in [2.75, 3.05) is 19.6 Å². The predicted octanol–water partition coefficient (Wildman–Crippen LogP) is 0.585. The van der Waals surface area contributed by atoms with Gasteiger partial charge in [-0.1, -0.05) is 44.2 Å². The third kappa shape index (κ3) is 9.26. The summed E-state index contributed by atoms with van der Waals surface area (Å²) in [5, 5.41) is 17.3. The molecule has 2 saturated heterocycles. The van der Waals surface area contributed by atoms with Crippen LogP contribution in [-0.2, 0) is 40.5 Å². The van der Waals surface area contributed by atoms with Gasteiger partial charge in [0.2, 0.25) is 23.2 Å². The molecule has 14 nitrogen and oxygen atoms in total. The van der Waals surface area contributed by atoms with E-state index in [9.17, 15) is 42.0 Å². The van der Waals surface area contributed by atoms with E-state index in [0.717, 1.165) is 18.4 Å². The lowest BCUT2D eigenvalue weighted by atomic mass is 9.61. The molecule has 46 heavy (non-hydrogen) atoms. The van der Waals surface area contributed by atoms with Gasteiger partial charge in [-0.2, -0.15) is 0 Å². The number of aliphatic hydroxyl groups is 1. The maximum atomic E-state index is 13.3. The second-order valence-corrected chi connectivity index (χ2v) is 14.6. The van der Waals surface area contributed by atoms with Crippen LogP contribution in [-0.4, -0.2) is 95.8 Å². The molecular weight excluding hydrogens is 620 g/mol. The van der Waals surface area contributed by atoms with Crippen molar-refractivity contribution in [1.29, 1.82) is 0 Å². The lowest BCUT2D eigenvalue weighted by Crippen LogP contribution is -2.56. The Morgan fingerprint density at radius 3 is 2.30 bits per heavy atom. The van der Waals surface area contributed by atoms with Gasteiger partial charge >= 0.3 is 6.09 Å². The number of carbonyl (C=O) groups excluding carboxylic acids is 5. The fraction of sp³-hybridized carbons (Fsp3) is 0.645. The first-order valence-corrected chi connectivity index (χ1v) is 17.2. The zero-order valence-electron chi connectivity index (χ0n) is 26.1. The van der Waals surface area contributed by atoms with Gasteiger partial charge in [-0.15, -0.1) is 0 Å². The summed E-state index contributed by atoms with van der Waals surface area (Å²) in [5.74, 6) is -3.48. The predicted molar refractivity (Wildman–Crippen MR) is 163 cm³/mol. The van der Waals surface area contributed by atoms with E-state index in [1.165, 1.54) is 0 Å². The van der Waals surface area contributed by atoms with Gasteiger partial charge in [0.25, 0.3) is 0 Å². The Bertz CT molecular complexity index is 1390. The number of carbonyl (C=O) groups is 5. The average Bonchev–Trinajstić information content (AvgIpc) is 3.38. The zero-order valence-corrected chi connectivity index (χ0v) is 26.9. The Kier molecular flexibility index (Phi) is 11.4. The maximum Gasteiger partial charge on any atom is 0.408 e. The number of Topliss-reactive ketones (excluding diaryl/α,β-unsaturated/α-hetero) is 1. The van der Waals surface area contributed by atoms with Gasteiger partial charge in [0.05, 0.1) is 12.5 Å². The Hall–Kier alpha value is -3.56. The third-order valence-electron chi connectivity index (χ3n) is 9.15. The molecular formula is C31H43N4O10S-. The molecule has 4 rings (SSSR count). The number of benzene rings is 1. The van der Waals surface area contributed by atoms with E-state index in [-0.39, 0.29) is 36.2 Å². The number of ketones is 1. The van der Waals surface area contributed by atoms with Crippen LogP contribution in [0, 0.1) is 17.3 Å². The second kappa shape index (κ2) is 14.9. The van der Waals surface area contributed by atoms with Crippen molar-refractivity contribution in [3.63, 3.8) is 0 Å². The largest absolute Gasteiger partial charge is 0.746 e. The van der Waals surface area contributed by atoms with E-state index in [1.54, 1.807) is 13.8 Å². The first kappa shape index (κ1) is 35.3. The van der Waals surface area contributed by atoms with Crippen LogP contribution in [0.25, 0.3) is 0 Å². The zero-order chi connectivity index (χ0) is 33.6. The molecule has 3 aliphatic rings. The minimum absolute atomic E-state index is 0.0218. The second-order valence-electron chi connectivity index (χ2n) is 13.1. The van der Waals surface area contributed by atoms with Crippen LogP contribution in [0.1, 0.15) is 64.4 Å². The lowest BCUT2D eigenvalue weighted by Gasteiger charge is -2.51. The summed E-state index contributed by atoms with van der Waals surface area (Å²) >= 11 is 0. The fourth-order valence-corrected chi connectivity index (χ4v) is 6.98. The summed E-state index contributed by atoms with van der Waals surface area (Å²) < 4.78 is 39.6. The van der Waals surface area contributed by atoms with Crippen LogP contribution in [0.4, 0.5) is 4.79 Å². The quantitative estimate of drug-likeness (QED) is 0.216. The SMILES string of the molecule is CC(C)C[C@H](NC(=O)OC1CC2(CCN(C(=O)Cc3ccccc3)CC2)C1)C(=O)N[C@@H](C[C@H]1CCNC1=O)C(=O)C(O)S(=O)(=O)[O-]. The molecule has 1 aromatic carbocycles. The molecule has 0 radical (unpaired) electrons. The molecule has 1 aliphatic carbocycles. The molecule has 0 bridgehead atoms. The van der Waals surface area contributed by atoms with Gasteiger partial charge in [0.15, 0.2) is 5.78 Å². The van der Waals surface area contributed by atoms with Crippen molar-refractivity contribution in [3.05, 3.63) is 35.9 Å². The topological polar surface area (TPSA) is 211 Å². The van der Waals surface area contributed by atoms with Crippen LogP contribution in [0.15, 0.2) is 30.3 Å². The minimum Gasteiger partial charge on any atom is -0.746 e. The molecule has 254 valence electrons. The van der Waals surface area contributed by atoms with E-state index in [4.69, 9.17) is 4.74 Å². The Morgan fingerprint density at radius 2 is 1.74 bits per heavy atom. The summed E-state index contributed by atoms with van der Waals surface area (Å²) in [7, 11) is -5.44. The van der Waals surface area contributed by atoms with Crippen molar-refractivity contribution >= 4 is 39.7 Å². The van der Waals surface area contributed by atoms with Crippen LogP contribution in [0.2, 0.25) is 0 Å². The number of piperidine rings is 1. The van der Waals surface area contributed by atoms with Gasteiger partial charge in [0, 0.05) is 25.6 Å². The Morgan fingerprint density at radius 1 is 1.09 bits per heavy atom. The van der Waals surface area contributed by atoms with E-state index < -0.39 is 57.2 Å². The number of hydrogen-bond donors (Lipinski definition) is 4. The molecule has 15 heteroatoms. The number of ether oxygens (including phenoxy) is 1. The molecule has 1 spiro atoms. The molecule has 4 amide bonds. The molecule has 3 fully saturated rings. The highest BCUT2D eigenvalue weighted by atomic mass is 32.2. The summed E-state index contributed by atoms with van der Waals surface area (Å²) in [6, 6.07) is 6.73. The number of nitrogens with one attached hydrogen (secondary N) is 3. The van der Waals surface area contributed by atoms with Gasteiger partial charge in [-0.3, -0.25) is 19.2 Å². The van der Waals surface area contributed by atoms with E-state index >= 15 is 0 Å². The molecule has 0 aromatic heterocycles. The van der Waals surface area contributed by atoms with E-state index in [2.05, 4.69) is 16.0 Å². The average molecular weight is 664 g/mol. The molecule has 2 heterocycles. The number of rotatable bonds is 13. The smallest absolute Gasteiger partial charge is 0.408 e. The number of aliphatic hydroxyl groups excluding tert-OH is 1. The molecule has 2 aliphatic heterocycles. The van der Waals surface area contributed by atoms with Crippen LogP contribution in [0.3, 0.4) is 0 Å². The van der Waals surface area contributed by atoms with Crippen molar-refractivity contribution in [3.8, 4) is 0 Å². The summed E-state index contributed by atoms with van der Waals surface area (Å²) in [6.07, 6.45) is 2.11. The first-order chi connectivity index (χ1) is 21.7. The number of likely N-dealkylation sites (tertiary alicyclic amines) is 1. The highest BCUT2D eigenvalue weighted by Crippen LogP contribution is 2.50. The van der Waals surface area contributed by atoms with Crippen molar-refractivity contribution in [2.24, 2.45) is 17.3 Å². The number of alkyl carbamates (subject to hydrolysis) is 1. The monoisotopic (exact) mass is 663 g/mol. The fourth-order valence-electron chi connectivity index (χ4n) is 6.53. The number of nitrogens with zero attached hydrogens (tertiary/aromatic N) is 1. The highest BCUT2D eigenvalue weighted by Gasteiger charge is 2.48. The standard InChI is InChI=1S/C31H44N4O10S/c1-19(2)14-24(28(39)33-23(16-21-8-11-32-27(21)38)26(37)29(40)46(42,43)44)34-30(41)45-22-17-31(18-22)9-12-35(13-10-31)25(36)15-20-6-4-3-5-7-20/h3-7,19,21-24,29,40H,8-18H2,1-2H3,(H,32,38)(H,33,39)(H,34,41)(H,42,43,44)/p-1/t21-,23+,24+,29?/m1/s1. The molecule has 4 N–H and O–H groups in total. The normalized spacial score (nSPS) is 21.5. The third-order valence-corrected chi connectivity index (χ3v) is 9.92. The summed E-state index contributed by atoms with van der Waals surface area (Å²) in [5.41, 5.74) is -1.98. The van der Waals surface area contributed by atoms with E-state index in [1.807, 2.05) is 35.2 Å². The highest BCUT2D eigenvalue weighted by molar-refractivity contribution is 7.87.